The maximum atomic E-state index is 12.2. The number of hydrogen-bond acceptors (Lipinski definition) is 4. The molecule has 0 aliphatic heterocycles. The van der Waals surface area contributed by atoms with E-state index in [9.17, 15) is 14.9 Å². The number of hydrazine groups is 1. The number of benzene rings is 1. The average molecular weight is 378 g/mol. The number of rotatable bonds is 5. The molecule has 1 aliphatic rings. The van der Waals surface area contributed by atoms with Gasteiger partial charge in [-0.3, -0.25) is 20.4 Å². The van der Waals surface area contributed by atoms with Crippen LogP contribution in [0.5, 0.6) is 5.75 Å². The molecule has 1 aromatic carbocycles. The maximum Gasteiger partial charge on any atom is 0.280 e. The lowest BCUT2D eigenvalue weighted by atomic mass is 10.1. The van der Waals surface area contributed by atoms with Gasteiger partial charge in [0.25, 0.3) is 5.91 Å². The first-order valence-electron chi connectivity index (χ1n) is 9.00. The molecule has 1 saturated carbocycles. The van der Waals surface area contributed by atoms with E-state index in [0.717, 1.165) is 41.2 Å². The highest BCUT2D eigenvalue weighted by Crippen LogP contribution is 2.28. The molecule has 0 saturated heterocycles. The van der Waals surface area contributed by atoms with Gasteiger partial charge in [-0.1, -0.05) is 0 Å². The van der Waals surface area contributed by atoms with Crippen LogP contribution >= 0.6 is 0 Å². The second-order valence-electron chi connectivity index (χ2n) is 6.75. The van der Waals surface area contributed by atoms with Crippen LogP contribution in [0.15, 0.2) is 35.9 Å². The Labute approximate surface area is 163 Å². The van der Waals surface area contributed by atoms with Gasteiger partial charge in [0, 0.05) is 23.0 Å². The summed E-state index contributed by atoms with van der Waals surface area (Å²) in [7, 11) is 1.62. The Morgan fingerprint density at radius 2 is 1.89 bits per heavy atom. The number of nitrogens with one attached hydrogen (secondary N) is 2. The Hall–Kier alpha value is -3.53. The van der Waals surface area contributed by atoms with Crippen molar-refractivity contribution in [3.05, 3.63) is 52.9 Å². The van der Waals surface area contributed by atoms with Crippen molar-refractivity contribution in [2.45, 2.75) is 26.7 Å². The van der Waals surface area contributed by atoms with Gasteiger partial charge >= 0.3 is 0 Å². The number of carbonyl (C=O) groups is 2. The normalized spacial score (nSPS) is 13.6. The first kappa shape index (κ1) is 19.2. The molecule has 7 nitrogen and oxygen atoms in total. The van der Waals surface area contributed by atoms with Crippen molar-refractivity contribution in [3.8, 4) is 17.5 Å². The molecule has 2 aromatic rings. The zero-order valence-corrected chi connectivity index (χ0v) is 16.1. The third-order valence-electron chi connectivity index (χ3n) is 4.71. The van der Waals surface area contributed by atoms with Crippen LogP contribution in [0, 0.1) is 31.1 Å². The number of aryl methyl sites for hydroxylation is 1. The topological polar surface area (TPSA) is 96.2 Å². The van der Waals surface area contributed by atoms with Crippen molar-refractivity contribution in [3.63, 3.8) is 0 Å². The van der Waals surface area contributed by atoms with Crippen molar-refractivity contribution in [2.24, 2.45) is 5.92 Å². The second-order valence-corrected chi connectivity index (χ2v) is 6.75. The Morgan fingerprint density at radius 3 is 2.46 bits per heavy atom. The van der Waals surface area contributed by atoms with E-state index in [2.05, 4.69) is 10.9 Å². The van der Waals surface area contributed by atoms with Crippen LogP contribution in [-0.4, -0.2) is 23.5 Å². The Kier molecular flexibility index (Phi) is 5.50. The monoisotopic (exact) mass is 378 g/mol. The van der Waals surface area contributed by atoms with Crippen molar-refractivity contribution < 1.29 is 14.3 Å². The molecular formula is C21H22N4O3. The third kappa shape index (κ3) is 4.07. The van der Waals surface area contributed by atoms with Crippen LogP contribution in [0.25, 0.3) is 11.8 Å². The van der Waals surface area contributed by atoms with Gasteiger partial charge in [-0.2, -0.15) is 5.26 Å². The van der Waals surface area contributed by atoms with Gasteiger partial charge in [0.05, 0.1) is 7.11 Å². The number of aromatic nitrogens is 1. The average Bonchev–Trinajstić information content (AvgIpc) is 3.51. The molecule has 1 aliphatic carbocycles. The highest BCUT2D eigenvalue weighted by Gasteiger charge is 2.30. The maximum absolute atomic E-state index is 12.2. The fraction of sp³-hybridized carbons (Fsp3) is 0.286. The number of ether oxygens (including phenoxy) is 1. The molecule has 1 aromatic heterocycles. The van der Waals surface area contributed by atoms with E-state index < -0.39 is 5.91 Å². The molecule has 0 unspecified atom stereocenters. The largest absolute Gasteiger partial charge is 0.497 e. The minimum atomic E-state index is -0.634. The molecule has 0 spiro atoms. The van der Waals surface area contributed by atoms with E-state index >= 15 is 0 Å². The van der Waals surface area contributed by atoms with Gasteiger partial charge in [-0.25, -0.2) is 0 Å². The highest BCUT2D eigenvalue weighted by atomic mass is 16.5. The molecule has 1 fully saturated rings. The number of nitrogens with zero attached hydrogens (tertiary/aromatic N) is 2. The summed E-state index contributed by atoms with van der Waals surface area (Å²) < 4.78 is 7.23. The van der Waals surface area contributed by atoms with Crippen LogP contribution in [0.1, 0.15) is 29.8 Å². The number of carbonyl (C=O) groups excluding carboxylic acids is 2. The quantitative estimate of drug-likeness (QED) is 0.475. The number of methoxy groups -OCH3 is 1. The van der Waals surface area contributed by atoms with Crippen LogP contribution in [0.3, 0.4) is 0 Å². The summed E-state index contributed by atoms with van der Waals surface area (Å²) in [5, 5.41) is 9.37. The van der Waals surface area contributed by atoms with E-state index in [1.54, 1.807) is 7.11 Å². The van der Waals surface area contributed by atoms with Gasteiger partial charge in [0.15, 0.2) is 0 Å². The molecule has 3 rings (SSSR count). The summed E-state index contributed by atoms with van der Waals surface area (Å²) in [5.74, 6) is -0.115. The van der Waals surface area contributed by atoms with Gasteiger partial charge in [0.1, 0.15) is 17.4 Å². The minimum Gasteiger partial charge on any atom is -0.497 e. The summed E-state index contributed by atoms with van der Waals surface area (Å²) in [6.45, 7) is 3.88. The number of amides is 2. The smallest absolute Gasteiger partial charge is 0.280 e. The van der Waals surface area contributed by atoms with Crippen molar-refractivity contribution >= 4 is 17.9 Å². The molecule has 0 radical (unpaired) electrons. The first-order valence-corrected chi connectivity index (χ1v) is 9.00. The zero-order valence-electron chi connectivity index (χ0n) is 16.1. The lowest BCUT2D eigenvalue weighted by Gasteiger charge is -2.10. The van der Waals surface area contributed by atoms with E-state index in [-0.39, 0.29) is 17.4 Å². The summed E-state index contributed by atoms with van der Waals surface area (Å²) in [5.41, 5.74) is 8.17. The SMILES string of the molecule is COc1ccc(-n2c(C)cc(/C=C(/C#N)C(=O)NNC(=O)C3CC3)c2C)cc1. The van der Waals surface area contributed by atoms with Crippen molar-refractivity contribution in [1.82, 2.24) is 15.4 Å². The fourth-order valence-corrected chi connectivity index (χ4v) is 3.00. The van der Waals surface area contributed by atoms with Crippen LogP contribution in [0.2, 0.25) is 0 Å². The van der Waals surface area contributed by atoms with Crippen molar-refractivity contribution in [2.75, 3.05) is 7.11 Å². The van der Waals surface area contributed by atoms with E-state index in [1.165, 1.54) is 6.08 Å². The summed E-state index contributed by atoms with van der Waals surface area (Å²) >= 11 is 0. The lowest BCUT2D eigenvalue weighted by Crippen LogP contribution is -2.42. The molecule has 2 amide bonds. The Balaban J connectivity index is 1.82. The van der Waals surface area contributed by atoms with E-state index in [0.29, 0.717) is 0 Å². The number of nitriles is 1. The zero-order chi connectivity index (χ0) is 20.3. The van der Waals surface area contributed by atoms with Gasteiger partial charge < -0.3 is 9.30 Å². The third-order valence-corrected chi connectivity index (χ3v) is 4.71. The second kappa shape index (κ2) is 8.01. The summed E-state index contributed by atoms with van der Waals surface area (Å²) in [6, 6.07) is 11.4. The minimum absolute atomic E-state index is 0.0294. The molecule has 144 valence electrons. The van der Waals surface area contributed by atoms with Crippen LogP contribution < -0.4 is 15.6 Å². The van der Waals surface area contributed by atoms with Gasteiger partial charge in [0.2, 0.25) is 5.91 Å². The number of hydrogen-bond donors (Lipinski definition) is 2. The highest BCUT2D eigenvalue weighted by molar-refractivity contribution is 6.02. The molecule has 2 N–H and O–H groups in total. The predicted molar refractivity (Wildman–Crippen MR) is 104 cm³/mol. The van der Waals surface area contributed by atoms with Gasteiger partial charge in [-0.15, -0.1) is 0 Å². The Bertz CT molecular complexity index is 976. The fourth-order valence-electron chi connectivity index (χ4n) is 3.00. The van der Waals surface area contributed by atoms with E-state index in [4.69, 9.17) is 4.74 Å². The molecule has 28 heavy (non-hydrogen) atoms. The molecule has 0 bridgehead atoms. The molecule has 7 heteroatoms. The molecule has 1 heterocycles. The standard InChI is InChI=1S/C21H22N4O3/c1-13-10-16(14(2)25(13)18-6-8-19(28-3)9-7-18)11-17(12-22)21(27)24-23-20(26)15-4-5-15/h6-11,15H,4-5H2,1-3H3,(H,23,26)(H,24,27)/b17-11-. The van der Waals surface area contributed by atoms with Crippen molar-refractivity contribution in [1.29, 1.82) is 5.26 Å². The summed E-state index contributed by atoms with van der Waals surface area (Å²) in [4.78, 5) is 23.9. The predicted octanol–water partition coefficient (Wildman–Crippen LogP) is 2.57. The lowest BCUT2D eigenvalue weighted by molar-refractivity contribution is -0.127. The van der Waals surface area contributed by atoms with Crippen LogP contribution in [0.4, 0.5) is 0 Å². The first-order chi connectivity index (χ1) is 13.4. The molecular weight excluding hydrogens is 356 g/mol. The van der Waals surface area contributed by atoms with E-state index in [1.807, 2.05) is 54.8 Å². The Morgan fingerprint density at radius 1 is 1.21 bits per heavy atom. The van der Waals surface area contributed by atoms with Gasteiger partial charge in [-0.05, 0) is 68.7 Å². The molecule has 0 atom stereocenters. The summed E-state index contributed by atoms with van der Waals surface area (Å²) in [6.07, 6.45) is 3.20. The van der Waals surface area contributed by atoms with Crippen LogP contribution in [-0.2, 0) is 9.59 Å².